The van der Waals surface area contributed by atoms with Crippen molar-refractivity contribution in [2.45, 2.75) is 19.3 Å². The van der Waals surface area contributed by atoms with Gasteiger partial charge in [-0.05, 0) is 37.5 Å². The largest absolute Gasteiger partial charge is 0.326 e. The first-order chi connectivity index (χ1) is 8.83. The fraction of sp³-hybridized carbons (Fsp3) is 0.308. The number of rotatable bonds is 2. The number of aromatic amines is 1. The van der Waals surface area contributed by atoms with Crippen molar-refractivity contribution < 1.29 is 4.79 Å². The second-order valence-electron chi connectivity index (χ2n) is 4.50. The van der Waals surface area contributed by atoms with Gasteiger partial charge in [0.25, 0.3) is 0 Å². The Hall–Kier alpha value is -2.17. The molecule has 3 rings (SSSR count). The number of nitrogens with one attached hydrogen (secondary N) is 2. The Bertz CT molecular complexity index is 602. The van der Waals surface area contributed by atoms with Crippen molar-refractivity contribution in [3.05, 3.63) is 30.4 Å². The highest BCUT2D eigenvalue weighted by Gasteiger charge is 2.18. The number of carbonyl (C=O) groups is 1. The molecular formula is C13H14N4O. The van der Waals surface area contributed by atoms with Gasteiger partial charge in [0.05, 0.1) is 0 Å². The second-order valence-corrected chi connectivity index (χ2v) is 4.50. The monoisotopic (exact) mass is 242 g/mol. The maximum atomic E-state index is 12.1. The van der Waals surface area contributed by atoms with E-state index >= 15 is 0 Å². The summed E-state index contributed by atoms with van der Waals surface area (Å²) in [5.74, 6) is 0.171. The number of allylic oxidation sites excluding steroid dienone is 2. The van der Waals surface area contributed by atoms with Crippen molar-refractivity contribution >= 4 is 22.6 Å². The number of amides is 1. The van der Waals surface area contributed by atoms with E-state index in [1.165, 1.54) is 0 Å². The highest BCUT2D eigenvalue weighted by molar-refractivity contribution is 5.94. The van der Waals surface area contributed by atoms with Gasteiger partial charge in [-0.2, -0.15) is 15.4 Å². The van der Waals surface area contributed by atoms with Crippen LogP contribution in [0.15, 0.2) is 30.4 Å². The normalized spacial score (nSPS) is 19.0. The highest BCUT2D eigenvalue weighted by Crippen LogP contribution is 2.21. The number of benzene rings is 1. The summed E-state index contributed by atoms with van der Waals surface area (Å²) in [5, 5.41) is 13.5. The number of carbonyl (C=O) groups excluding carboxylic acids is 1. The molecule has 2 N–H and O–H groups in total. The van der Waals surface area contributed by atoms with Crippen LogP contribution in [0.2, 0.25) is 0 Å². The van der Waals surface area contributed by atoms with Gasteiger partial charge < -0.3 is 5.32 Å². The van der Waals surface area contributed by atoms with Crippen LogP contribution >= 0.6 is 0 Å². The van der Waals surface area contributed by atoms with Crippen LogP contribution in [0.1, 0.15) is 19.3 Å². The number of H-pyrrole nitrogens is 1. The number of hydrogen-bond acceptors (Lipinski definition) is 3. The molecule has 0 fully saturated rings. The third kappa shape index (κ3) is 2.11. The van der Waals surface area contributed by atoms with Crippen LogP contribution in [-0.2, 0) is 4.79 Å². The summed E-state index contributed by atoms with van der Waals surface area (Å²) < 4.78 is 0. The highest BCUT2D eigenvalue weighted by atomic mass is 16.1. The molecule has 1 aliphatic carbocycles. The van der Waals surface area contributed by atoms with E-state index in [1.54, 1.807) is 0 Å². The van der Waals surface area contributed by atoms with E-state index in [0.717, 1.165) is 36.0 Å². The molecule has 0 bridgehead atoms. The summed E-state index contributed by atoms with van der Waals surface area (Å²) >= 11 is 0. The van der Waals surface area contributed by atoms with Crippen molar-refractivity contribution in [3.8, 4) is 0 Å². The van der Waals surface area contributed by atoms with Gasteiger partial charge >= 0.3 is 0 Å². The fourth-order valence-electron chi connectivity index (χ4n) is 2.19. The topological polar surface area (TPSA) is 70.7 Å². The van der Waals surface area contributed by atoms with Crippen LogP contribution in [0.4, 0.5) is 5.69 Å². The van der Waals surface area contributed by atoms with Gasteiger partial charge in [-0.3, -0.25) is 4.79 Å². The van der Waals surface area contributed by atoms with Crippen LogP contribution in [0.25, 0.3) is 11.0 Å². The Morgan fingerprint density at radius 1 is 1.28 bits per heavy atom. The maximum Gasteiger partial charge on any atom is 0.227 e. The molecule has 0 saturated carbocycles. The average Bonchev–Trinajstić information content (AvgIpc) is 2.87. The molecule has 1 aromatic heterocycles. The third-order valence-corrected chi connectivity index (χ3v) is 3.22. The lowest BCUT2D eigenvalue weighted by Gasteiger charge is -2.17. The van der Waals surface area contributed by atoms with E-state index in [4.69, 9.17) is 0 Å². The molecular weight excluding hydrogens is 228 g/mol. The number of hydrogen-bond donors (Lipinski definition) is 2. The third-order valence-electron chi connectivity index (χ3n) is 3.22. The average molecular weight is 242 g/mol. The van der Waals surface area contributed by atoms with Crippen LogP contribution in [0, 0.1) is 5.92 Å². The number of aromatic nitrogens is 3. The summed E-state index contributed by atoms with van der Waals surface area (Å²) in [6.45, 7) is 0. The summed E-state index contributed by atoms with van der Waals surface area (Å²) in [6.07, 6.45) is 6.95. The predicted molar refractivity (Wildman–Crippen MR) is 69.0 cm³/mol. The Morgan fingerprint density at radius 2 is 2.17 bits per heavy atom. The zero-order valence-electron chi connectivity index (χ0n) is 9.89. The molecule has 0 saturated heterocycles. The zero-order chi connectivity index (χ0) is 12.4. The molecule has 5 nitrogen and oxygen atoms in total. The van der Waals surface area contributed by atoms with Crippen LogP contribution in [0.3, 0.4) is 0 Å². The Labute approximate surface area is 104 Å². The van der Waals surface area contributed by atoms with Crippen LogP contribution < -0.4 is 5.32 Å². The molecule has 0 spiro atoms. The molecule has 18 heavy (non-hydrogen) atoms. The SMILES string of the molecule is O=C(Nc1ccc2n[nH]nc2c1)C1CC=CCC1. The molecule has 2 aromatic rings. The first-order valence-corrected chi connectivity index (χ1v) is 6.09. The molecule has 0 aliphatic heterocycles. The van der Waals surface area contributed by atoms with Gasteiger partial charge in [-0.25, -0.2) is 0 Å². The van der Waals surface area contributed by atoms with Gasteiger partial charge in [-0.15, -0.1) is 0 Å². The van der Waals surface area contributed by atoms with E-state index < -0.39 is 0 Å². The minimum atomic E-state index is 0.0854. The standard InChI is InChI=1S/C13H14N4O/c18-13(9-4-2-1-3-5-9)14-10-6-7-11-12(8-10)16-17-15-11/h1-2,6-9H,3-5H2,(H,14,18)(H,15,16,17). The smallest absolute Gasteiger partial charge is 0.227 e. The summed E-state index contributed by atoms with van der Waals surface area (Å²) in [7, 11) is 0. The predicted octanol–water partition coefficient (Wildman–Crippen LogP) is 2.25. The van der Waals surface area contributed by atoms with Gasteiger partial charge in [-0.1, -0.05) is 12.2 Å². The van der Waals surface area contributed by atoms with Crippen LogP contribution in [0.5, 0.6) is 0 Å². The van der Waals surface area contributed by atoms with Gasteiger partial charge in [0.1, 0.15) is 11.0 Å². The Morgan fingerprint density at radius 3 is 3.00 bits per heavy atom. The lowest BCUT2D eigenvalue weighted by atomic mass is 9.93. The first kappa shape index (κ1) is 11.0. The van der Waals surface area contributed by atoms with Crippen molar-refractivity contribution in [1.82, 2.24) is 15.4 Å². The molecule has 1 heterocycles. The second kappa shape index (κ2) is 4.60. The Kier molecular flexibility index (Phi) is 2.80. The Balaban J connectivity index is 1.74. The molecule has 1 aromatic carbocycles. The van der Waals surface area contributed by atoms with E-state index in [0.29, 0.717) is 0 Å². The molecule has 1 unspecified atom stereocenters. The van der Waals surface area contributed by atoms with E-state index in [-0.39, 0.29) is 11.8 Å². The van der Waals surface area contributed by atoms with Crippen molar-refractivity contribution in [2.24, 2.45) is 5.92 Å². The lowest BCUT2D eigenvalue weighted by Crippen LogP contribution is -2.23. The number of nitrogens with zero attached hydrogens (tertiary/aromatic N) is 2. The molecule has 1 atom stereocenters. The first-order valence-electron chi connectivity index (χ1n) is 6.09. The minimum absolute atomic E-state index is 0.0854. The van der Waals surface area contributed by atoms with E-state index in [1.807, 2.05) is 18.2 Å². The van der Waals surface area contributed by atoms with Gasteiger partial charge in [0.15, 0.2) is 0 Å². The van der Waals surface area contributed by atoms with E-state index in [2.05, 4.69) is 32.9 Å². The zero-order valence-corrected chi connectivity index (χ0v) is 9.89. The maximum absolute atomic E-state index is 12.1. The summed E-state index contributed by atoms with van der Waals surface area (Å²) in [5.41, 5.74) is 2.33. The molecule has 5 heteroatoms. The molecule has 0 radical (unpaired) electrons. The molecule has 92 valence electrons. The van der Waals surface area contributed by atoms with Crippen LogP contribution in [-0.4, -0.2) is 21.3 Å². The van der Waals surface area contributed by atoms with Crippen molar-refractivity contribution in [2.75, 3.05) is 5.32 Å². The van der Waals surface area contributed by atoms with Crippen molar-refractivity contribution in [1.29, 1.82) is 0 Å². The summed E-state index contributed by atoms with van der Waals surface area (Å²) in [6, 6.07) is 5.52. The molecule has 1 aliphatic rings. The minimum Gasteiger partial charge on any atom is -0.326 e. The lowest BCUT2D eigenvalue weighted by molar-refractivity contribution is -0.120. The quantitative estimate of drug-likeness (QED) is 0.793. The number of anilines is 1. The summed E-state index contributed by atoms with van der Waals surface area (Å²) in [4.78, 5) is 12.1. The van der Waals surface area contributed by atoms with Gasteiger partial charge in [0, 0.05) is 11.6 Å². The van der Waals surface area contributed by atoms with Gasteiger partial charge in [0.2, 0.25) is 5.91 Å². The molecule has 1 amide bonds. The van der Waals surface area contributed by atoms with Crippen molar-refractivity contribution in [3.63, 3.8) is 0 Å². The van der Waals surface area contributed by atoms with E-state index in [9.17, 15) is 4.79 Å². The number of fused-ring (bicyclic) bond motifs is 1. The fourth-order valence-corrected chi connectivity index (χ4v) is 2.19.